The Morgan fingerprint density at radius 2 is 1.88 bits per heavy atom. The molecule has 0 atom stereocenters. The van der Waals surface area contributed by atoms with E-state index in [-0.39, 0.29) is 30.9 Å². The van der Waals surface area contributed by atoms with Crippen LogP contribution in [0.4, 0.5) is 10.5 Å². The van der Waals surface area contributed by atoms with E-state index in [0.29, 0.717) is 31.2 Å². The summed E-state index contributed by atoms with van der Waals surface area (Å²) in [5, 5.41) is 5.59. The summed E-state index contributed by atoms with van der Waals surface area (Å²) in [6, 6.07) is 8.80. The number of nitrogens with zero attached hydrogens (tertiary/aromatic N) is 2. The lowest BCUT2D eigenvalue weighted by Gasteiger charge is -2.33. The van der Waals surface area contributed by atoms with Crippen molar-refractivity contribution in [1.82, 2.24) is 15.1 Å². The van der Waals surface area contributed by atoms with Crippen LogP contribution >= 0.6 is 0 Å². The minimum absolute atomic E-state index is 0.0159. The van der Waals surface area contributed by atoms with Gasteiger partial charge < -0.3 is 20.4 Å². The van der Waals surface area contributed by atoms with E-state index in [2.05, 4.69) is 24.5 Å². The lowest BCUT2D eigenvalue weighted by Crippen LogP contribution is -2.55. The number of benzene rings is 1. The zero-order chi connectivity index (χ0) is 18.2. The van der Waals surface area contributed by atoms with Crippen LogP contribution in [-0.2, 0) is 9.59 Å². The van der Waals surface area contributed by atoms with Crippen molar-refractivity contribution < 1.29 is 14.4 Å². The van der Waals surface area contributed by atoms with Gasteiger partial charge in [0.1, 0.15) is 6.54 Å². The molecule has 0 aliphatic carbocycles. The number of nitrogens with one attached hydrogen (secondary N) is 2. The molecule has 0 aromatic heterocycles. The van der Waals surface area contributed by atoms with Crippen LogP contribution in [0.1, 0.15) is 20.3 Å². The number of amides is 4. The summed E-state index contributed by atoms with van der Waals surface area (Å²) in [6.45, 7) is 5.60. The number of carbonyl (C=O) groups excluding carboxylic acids is 3. The number of para-hydroxylation sites is 1. The predicted octanol–water partition coefficient (Wildman–Crippen LogP) is 1.52. The molecule has 0 spiro atoms. The molecule has 7 nitrogen and oxygen atoms in total. The Kier molecular flexibility index (Phi) is 6.80. The van der Waals surface area contributed by atoms with Gasteiger partial charge in [0.05, 0.1) is 6.54 Å². The smallest absolute Gasteiger partial charge is 0.322 e. The number of piperazine rings is 1. The van der Waals surface area contributed by atoms with Crippen LogP contribution in [0.5, 0.6) is 0 Å². The Balaban J connectivity index is 1.77. The summed E-state index contributed by atoms with van der Waals surface area (Å²) in [5.41, 5.74) is 0.687. The topological polar surface area (TPSA) is 81.8 Å². The fraction of sp³-hybridized carbons (Fsp3) is 0.500. The second kappa shape index (κ2) is 9.05. The summed E-state index contributed by atoms with van der Waals surface area (Å²) in [6.07, 6.45) is 0.910. The van der Waals surface area contributed by atoms with Crippen LogP contribution in [0.2, 0.25) is 0 Å². The highest BCUT2D eigenvalue weighted by atomic mass is 16.2. The lowest BCUT2D eigenvalue weighted by atomic mass is 10.1. The van der Waals surface area contributed by atoms with Gasteiger partial charge in [0.2, 0.25) is 11.8 Å². The first-order valence-corrected chi connectivity index (χ1v) is 8.61. The van der Waals surface area contributed by atoms with Crippen LogP contribution < -0.4 is 10.6 Å². The Labute approximate surface area is 148 Å². The van der Waals surface area contributed by atoms with E-state index in [0.717, 1.165) is 6.42 Å². The maximum atomic E-state index is 12.2. The molecule has 0 radical (unpaired) electrons. The van der Waals surface area contributed by atoms with Crippen LogP contribution in [0.25, 0.3) is 0 Å². The van der Waals surface area contributed by atoms with Crippen LogP contribution in [0.15, 0.2) is 30.3 Å². The van der Waals surface area contributed by atoms with Crippen molar-refractivity contribution in [1.29, 1.82) is 0 Å². The minimum Gasteiger partial charge on any atom is -0.355 e. The molecule has 25 heavy (non-hydrogen) atoms. The monoisotopic (exact) mass is 346 g/mol. The van der Waals surface area contributed by atoms with E-state index >= 15 is 0 Å². The summed E-state index contributed by atoms with van der Waals surface area (Å²) >= 11 is 0. The zero-order valence-corrected chi connectivity index (χ0v) is 14.8. The molecule has 0 saturated carbocycles. The molecule has 1 fully saturated rings. The molecular weight excluding hydrogens is 320 g/mol. The third-order valence-corrected chi connectivity index (χ3v) is 4.01. The maximum Gasteiger partial charge on any atom is 0.322 e. The zero-order valence-electron chi connectivity index (χ0n) is 14.8. The molecule has 1 aromatic rings. The molecule has 136 valence electrons. The molecule has 0 bridgehead atoms. The first-order chi connectivity index (χ1) is 12.0. The first kappa shape index (κ1) is 18.8. The first-order valence-electron chi connectivity index (χ1n) is 8.61. The molecule has 0 unspecified atom stereocenters. The lowest BCUT2D eigenvalue weighted by molar-refractivity contribution is -0.139. The molecule has 7 heteroatoms. The number of hydrogen-bond acceptors (Lipinski definition) is 3. The van der Waals surface area contributed by atoms with E-state index in [1.165, 1.54) is 9.80 Å². The van der Waals surface area contributed by atoms with E-state index in [1.54, 1.807) is 12.1 Å². The summed E-state index contributed by atoms with van der Waals surface area (Å²) in [5.74, 6) is 0.151. The van der Waals surface area contributed by atoms with Gasteiger partial charge in [-0.05, 0) is 24.5 Å². The van der Waals surface area contributed by atoms with Crippen molar-refractivity contribution in [2.45, 2.75) is 20.3 Å². The van der Waals surface area contributed by atoms with E-state index in [1.807, 2.05) is 18.2 Å². The van der Waals surface area contributed by atoms with Gasteiger partial charge in [-0.15, -0.1) is 0 Å². The molecule has 1 aromatic carbocycles. The molecule has 1 saturated heterocycles. The van der Waals surface area contributed by atoms with Gasteiger partial charge >= 0.3 is 6.03 Å². The molecular formula is C18H26N4O3. The van der Waals surface area contributed by atoms with E-state index in [9.17, 15) is 14.4 Å². The van der Waals surface area contributed by atoms with Crippen molar-refractivity contribution >= 4 is 23.5 Å². The Hall–Kier alpha value is -2.57. The van der Waals surface area contributed by atoms with Gasteiger partial charge in [0.25, 0.3) is 0 Å². The van der Waals surface area contributed by atoms with Crippen LogP contribution in [0.3, 0.4) is 0 Å². The van der Waals surface area contributed by atoms with Gasteiger partial charge in [-0.25, -0.2) is 4.79 Å². The SMILES string of the molecule is CC(C)CCNC(=O)CN1CCN(C(=O)Nc2ccccc2)CC1=O. The molecule has 1 aliphatic rings. The Bertz CT molecular complexity index is 604. The third-order valence-electron chi connectivity index (χ3n) is 4.01. The van der Waals surface area contributed by atoms with Crippen molar-refractivity contribution in [3.8, 4) is 0 Å². The van der Waals surface area contributed by atoms with Crippen molar-refractivity contribution in [2.24, 2.45) is 5.92 Å². The van der Waals surface area contributed by atoms with Gasteiger partial charge in [-0.1, -0.05) is 32.0 Å². The second-order valence-electron chi connectivity index (χ2n) is 6.57. The summed E-state index contributed by atoms with van der Waals surface area (Å²) in [7, 11) is 0. The van der Waals surface area contributed by atoms with Crippen LogP contribution in [0, 0.1) is 5.92 Å². The van der Waals surface area contributed by atoms with E-state index < -0.39 is 0 Å². The molecule has 2 N–H and O–H groups in total. The van der Waals surface area contributed by atoms with Gasteiger partial charge in [-0.3, -0.25) is 9.59 Å². The highest BCUT2D eigenvalue weighted by Crippen LogP contribution is 2.09. The quantitative estimate of drug-likeness (QED) is 0.819. The number of rotatable bonds is 6. The van der Waals surface area contributed by atoms with Gasteiger partial charge in [-0.2, -0.15) is 0 Å². The summed E-state index contributed by atoms with van der Waals surface area (Å²) in [4.78, 5) is 39.3. The highest BCUT2D eigenvalue weighted by molar-refractivity contribution is 5.94. The Morgan fingerprint density at radius 1 is 1.16 bits per heavy atom. The van der Waals surface area contributed by atoms with Crippen molar-refractivity contribution in [3.05, 3.63) is 30.3 Å². The summed E-state index contributed by atoms with van der Waals surface area (Å²) < 4.78 is 0. The minimum atomic E-state index is -0.305. The highest BCUT2D eigenvalue weighted by Gasteiger charge is 2.28. The fourth-order valence-electron chi connectivity index (χ4n) is 2.50. The third kappa shape index (κ3) is 6.10. The molecule has 1 aliphatic heterocycles. The predicted molar refractivity (Wildman–Crippen MR) is 96.1 cm³/mol. The number of anilines is 1. The fourth-order valence-corrected chi connectivity index (χ4v) is 2.50. The van der Waals surface area contributed by atoms with Crippen molar-refractivity contribution in [2.75, 3.05) is 38.0 Å². The standard InChI is InChI=1S/C18H26N4O3/c1-14(2)8-9-19-16(23)12-21-10-11-22(13-17(21)24)18(25)20-15-6-4-3-5-7-15/h3-7,14H,8-13H2,1-2H3,(H,19,23)(H,20,25). The van der Waals surface area contributed by atoms with E-state index in [4.69, 9.17) is 0 Å². The molecule has 1 heterocycles. The van der Waals surface area contributed by atoms with Gasteiger partial charge in [0, 0.05) is 25.3 Å². The van der Waals surface area contributed by atoms with Gasteiger partial charge in [0.15, 0.2) is 0 Å². The Morgan fingerprint density at radius 3 is 2.52 bits per heavy atom. The molecule has 2 rings (SSSR count). The number of urea groups is 1. The normalized spacial score (nSPS) is 14.6. The van der Waals surface area contributed by atoms with Crippen LogP contribution in [-0.4, -0.2) is 60.4 Å². The molecule has 4 amide bonds. The number of carbonyl (C=O) groups is 3. The average molecular weight is 346 g/mol. The second-order valence-corrected chi connectivity index (χ2v) is 6.57. The maximum absolute atomic E-state index is 12.2. The average Bonchev–Trinajstić information content (AvgIpc) is 2.57. The largest absolute Gasteiger partial charge is 0.355 e. The number of hydrogen-bond donors (Lipinski definition) is 2. The van der Waals surface area contributed by atoms with Crippen molar-refractivity contribution in [3.63, 3.8) is 0 Å².